The maximum atomic E-state index is 6.10. The second kappa shape index (κ2) is 4.92. The number of hydrogen-bond acceptors (Lipinski definition) is 4. The minimum Gasteiger partial charge on any atom is -0.357 e. The molecule has 1 aromatic carbocycles. The molecule has 0 saturated carbocycles. The molecule has 0 aliphatic heterocycles. The largest absolute Gasteiger partial charge is 0.357 e. The predicted molar refractivity (Wildman–Crippen MR) is 76.2 cm³/mol. The maximum Gasteiger partial charge on any atom is 0.184 e. The van der Waals surface area contributed by atoms with Crippen molar-refractivity contribution in [3.8, 4) is 0 Å². The number of hydrogen-bond donors (Lipinski definition) is 1. The maximum absolute atomic E-state index is 6.10. The lowest BCUT2D eigenvalue weighted by Gasteiger charge is -2.04. The number of halogens is 1. The molecule has 2 aromatic heterocycles. The van der Waals surface area contributed by atoms with Crippen LogP contribution < -0.4 is 5.32 Å². The van der Waals surface area contributed by atoms with Gasteiger partial charge in [-0.25, -0.2) is 4.98 Å². The highest BCUT2D eigenvalue weighted by atomic mass is 35.5. The highest BCUT2D eigenvalue weighted by molar-refractivity contribution is 7.22. The number of nitrogens with zero attached hydrogens (tertiary/aromatic N) is 2. The van der Waals surface area contributed by atoms with Gasteiger partial charge in [-0.2, -0.15) is 0 Å². The van der Waals surface area contributed by atoms with E-state index in [0.717, 1.165) is 25.9 Å². The Labute approximate surface area is 113 Å². The van der Waals surface area contributed by atoms with E-state index in [0.29, 0.717) is 6.54 Å². The van der Waals surface area contributed by atoms with E-state index in [-0.39, 0.29) is 0 Å². The van der Waals surface area contributed by atoms with Gasteiger partial charge in [0, 0.05) is 17.8 Å². The summed E-state index contributed by atoms with van der Waals surface area (Å²) in [6.45, 7) is 0.674. The molecule has 0 unspecified atom stereocenters. The Kier molecular flexibility index (Phi) is 3.13. The summed E-state index contributed by atoms with van der Waals surface area (Å²) in [7, 11) is 0. The van der Waals surface area contributed by atoms with Crippen LogP contribution in [0.5, 0.6) is 0 Å². The average Bonchev–Trinajstić information content (AvgIpc) is 2.80. The summed E-state index contributed by atoms with van der Waals surface area (Å²) in [5.74, 6) is 0. The van der Waals surface area contributed by atoms with Crippen molar-refractivity contribution >= 4 is 38.3 Å². The SMILES string of the molecule is Clc1ccccc1CNc1nc2cnccc2s1. The number of nitrogens with one attached hydrogen (secondary N) is 1. The van der Waals surface area contributed by atoms with E-state index in [1.165, 1.54) is 0 Å². The molecule has 0 spiro atoms. The first-order valence-corrected chi connectivity index (χ1v) is 6.70. The van der Waals surface area contributed by atoms with Crippen molar-refractivity contribution in [1.82, 2.24) is 9.97 Å². The fourth-order valence-corrected chi connectivity index (χ4v) is 2.70. The number of benzene rings is 1. The summed E-state index contributed by atoms with van der Waals surface area (Å²) in [5, 5.41) is 4.94. The monoisotopic (exact) mass is 275 g/mol. The molecular weight excluding hydrogens is 266 g/mol. The van der Waals surface area contributed by atoms with Crippen LogP contribution in [0.25, 0.3) is 10.2 Å². The first kappa shape index (κ1) is 11.4. The summed E-state index contributed by atoms with van der Waals surface area (Å²) in [6.07, 6.45) is 3.55. The van der Waals surface area contributed by atoms with Crippen LogP contribution in [-0.4, -0.2) is 9.97 Å². The molecule has 5 heteroatoms. The molecule has 0 aliphatic rings. The number of anilines is 1. The van der Waals surface area contributed by atoms with Gasteiger partial charge in [-0.05, 0) is 17.7 Å². The Balaban J connectivity index is 1.79. The van der Waals surface area contributed by atoms with E-state index < -0.39 is 0 Å². The summed E-state index contributed by atoms with van der Waals surface area (Å²) >= 11 is 7.72. The van der Waals surface area contributed by atoms with Gasteiger partial charge in [0.1, 0.15) is 5.52 Å². The lowest BCUT2D eigenvalue weighted by Crippen LogP contribution is -1.99. The number of rotatable bonds is 3. The normalized spacial score (nSPS) is 10.7. The van der Waals surface area contributed by atoms with Gasteiger partial charge in [-0.1, -0.05) is 41.1 Å². The van der Waals surface area contributed by atoms with Crippen molar-refractivity contribution in [2.45, 2.75) is 6.54 Å². The fourth-order valence-electron chi connectivity index (χ4n) is 1.67. The second-order valence-corrected chi connectivity index (χ2v) is 5.25. The Bertz CT molecular complexity index is 648. The average molecular weight is 276 g/mol. The molecule has 0 bridgehead atoms. The molecule has 0 radical (unpaired) electrons. The lowest BCUT2D eigenvalue weighted by molar-refractivity contribution is 1.14. The van der Waals surface area contributed by atoms with Crippen LogP contribution >= 0.6 is 22.9 Å². The third-order valence-electron chi connectivity index (χ3n) is 2.58. The minimum atomic E-state index is 0.674. The van der Waals surface area contributed by atoms with Crippen LogP contribution in [-0.2, 0) is 6.54 Å². The molecule has 0 aliphatic carbocycles. The van der Waals surface area contributed by atoms with Gasteiger partial charge in [0.15, 0.2) is 5.13 Å². The molecule has 0 fully saturated rings. The number of pyridine rings is 1. The van der Waals surface area contributed by atoms with Crippen molar-refractivity contribution in [2.24, 2.45) is 0 Å². The Morgan fingerprint density at radius 2 is 2.11 bits per heavy atom. The summed E-state index contributed by atoms with van der Waals surface area (Å²) in [4.78, 5) is 8.51. The molecule has 3 aromatic rings. The number of thiazole rings is 1. The van der Waals surface area contributed by atoms with Gasteiger partial charge in [0.25, 0.3) is 0 Å². The van der Waals surface area contributed by atoms with Gasteiger partial charge in [-0.15, -0.1) is 0 Å². The van der Waals surface area contributed by atoms with E-state index >= 15 is 0 Å². The number of aromatic nitrogens is 2. The van der Waals surface area contributed by atoms with E-state index in [4.69, 9.17) is 11.6 Å². The zero-order valence-corrected chi connectivity index (χ0v) is 11.0. The minimum absolute atomic E-state index is 0.674. The van der Waals surface area contributed by atoms with Crippen molar-refractivity contribution < 1.29 is 0 Å². The van der Waals surface area contributed by atoms with Crippen molar-refractivity contribution in [2.75, 3.05) is 5.32 Å². The van der Waals surface area contributed by atoms with Crippen LogP contribution in [0.15, 0.2) is 42.7 Å². The Morgan fingerprint density at radius 3 is 2.94 bits per heavy atom. The molecule has 90 valence electrons. The molecule has 18 heavy (non-hydrogen) atoms. The molecule has 0 saturated heterocycles. The van der Waals surface area contributed by atoms with Gasteiger partial charge in [0.2, 0.25) is 0 Å². The fraction of sp³-hybridized carbons (Fsp3) is 0.0769. The molecule has 0 atom stereocenters. The molecule has 2 heterocycles. The molecular formula is C13H10ClN3S. The molecule has 1 N–H and O–H groups in total. The van der Waals surface area contributed by atoms with E-state index in [1.807, 2.05) is 30.3 Å². The summed E-state index contributed by atoms with van der Waals surface area (Å²) < 4.78 is 1.13. The first-order valence-electron chi connectivity index (χ1n) is 5.51. The Hall–Kier alpha value is -1.65. The van der Waals surface area contributed by atoms with Gasteiger partial charge in [-0.3, -0.25) is 4.98 Å². The van der Waals surface area contributed by atoms with Crippen LogP contribution in [0.4, 0.5) is 5.13 Å². The van der Waals surface area contributed by atoms with Gasteiger partial charge in [0.05, 0.1) is 10.9 Å². The van der Waals surface area contributed by atoms with Crippen LogP contribution in [0, 0.1) is 0 Å². The second-order valence-electron chi connectivity index (χ2n) is 3.81. The van der Waals surface area contributed by atoms with Gasteiger partial charge >= 0.3 is 0 Å². The zero-order valence-electron chi connectivity index (χ0n) is 9.43. The standard InChI is InChI=1S/C13H10ClN3S/c14-10-4-2-1-3-9(10)7-16-13-17-11-8-15-6-5-12(11)18-13/h1-6,8H,7H2,(H,16,17). The third kappa shape index (κ3) is 2.30. The van der Waals surface area contributed by atoms with E-state index in [9.17, 15) is 0 Å². The highest BCUT2D eigenvalue weighted by Gasteiger charge is 2.04. The smallest absolute Gasteiger partial charge is 0.184 e. The molecule has 3 rings (SSSR count). The predicted octanol–water partition coefficient (Wildman–Crippen LogP) is 3.96. The van der Waals surface area contributed by atoms with E-state index in [1.54, 1.807) is 23.7 Å². The van der Waals surface area contributed by atoms with Gasteiger partial charge < -0.3 is 5.32 Å². The van der Waals surface area contributed by atoms with Crippen LogP contribution in [0.3, 0.4) is 0 Å². The van der Waals surface area contributed by atoms with Crippen molar-refractivity contribution in [1.29, 1.82) is 0 Å². The highest BCUT2D eigenvalue weighted by Crippen LogP contribution is 2.25. The summed E-state index contributed by atoms with van der Waals surface area (Å²) in [5.41, 5.74) is 1.99. The van der Waals surface area contributed by atoms with Crippen molar-refractivity contribution in [3.05, 3.63) is 53.3 Å². The third-order valence-corrected chi connectivity index (χ3v) is 3.94. The number of fused-ring (bicyclic) bond motifs is 1. The van der Waals surface area contributed by atoms with Crippen molar-refractivity contribution in [3.63, 3.8) is 0 Å². The first-order chi connectivity index (χ1) is 8.83. The summed E-state index contributed by atoms with van der Waals surface area (Å²) in [6, 6.07) is 9.76. The van der Waals surface area contributed by atoms with Crippen LogP contribution in [0.1, 0.15) is 5.56 Å². The molecule has 3 nitrogen and oxygen atoms in total. The Morgan fingerprint density at radius 1 is 1.22 bits per heavy atom. The zero-order chi connectivity index (χ0) is 12.4. The van der Waals surface area contributed by atoms with Crippen LogP contribution in [0.2, 0.25) is 5.02 Å². The lowest BCUT2D eigenvalue weighted by atomic mass is 10.2. The molecule has 0 amide bonds. The topological polar surface area (TPSA) is 37.8 Å². The van der Waals surface area contributed by atoms with E-state index in [2.05, 4.69) is 15.3 Å². The quantitative estimate of drug-likeness (QED) is 0.786.